The molecule has 2 rings (SSSR count). The maximum absolute atomic E-state index is 12.1. The minimum atomic E-state index is -0.516. The largest absolute Gasteiger partial charge is 0.341 e. The van der Waals surface area contributed by atoms with Gasteiger partial charge >= 0.3 is 0 Å². The monoisotopic (exact) mass is 325 g/mol. The van der Waals surface area contributed by atoms with E-state index in [0.717, 1.165) is 25.9 Å². The van der Waals surface area contributed by atoms with Gasteiger partial charge in [-0.1, -0.05) is 0 Å². The summed E-state index contributed by atoms with van der Waals surface area (Å²) in [6.45, 7) is 3.29. The van der Waals surface area contributed by atoms with E-state index in [1.165, 1.54) is 0 Å². The van der Waals surface area contributed by atoms with Crippen LogP contribution in [0.4, 0.5) is 0 Å². The summed E-state index contributed by atoms with van der Waals surface area (Å²) in [5.41, 5.74) is 0.434. The quantitative estimate of drug-likeness (QED) is 0.858. The van der Waals surface area contributed by atoms with Crippen molar-refractivity contribution in [3.8, 4) is 0 Å². The molecule has 2 amide bonds. The maximum atomic E-state index is 12.1. The number of carbonyl (C=O) groups is 2. The Bertz CT molecular complexity index is 487. The molecule has 0 aromatic carbocycles. The van der Waals surface area contributed by atoms with Gasteiger partial charge in [-0.15, -0.1) is 0 Å². The molecular formula is C13H16BrN3O2. The Hall–Kier alpha value is -1.43. The van der Waals surface area contributed by atoms with E-state index in [9.17, 15) is 9.59 Å². The summed E-state index contributed by atoms with van der Waals surface area (Å²) in [6.07, 6.45) is 3.68. The lowest BCUT2D eigenvalue weighted by atomic mass is 10.2. The molecule has 6 heteroatoms. The fourth-order valence-electron chi connectivity index (χ4n) is 2.10. The first-order valence-corrected chi connectivity index (χ1v) is 7.09. The van der Waals surface area contributed by atoms with Gasteiger partial charge < -0.3 is 10.2 Å². The summed E-state index contributed by atoms with van der Waals surface area (Å²) in [5, 5.41) is 2.71. The molecule has 1 fully saturated rings. The van der Waals surface area contributed by atoms with Crippen LogP contribution >= 0.6 is 15.9 Å². The van der Waals surface area contributed by atoms with Crippen LogP contribution < -0.4 is 5.32 Å². The van der Waals surface area contributed by atoms with Crippen LogP contribution in [0.25, 0.3) is 0 Å². The van der Waals surface area contributed by atoms with Gasteiger partial charge in [0.1, 0.15) is 10.6 Å². The third kappa shape index (κ3) is 3.32. The first-order chi connectivity index (χ1) is 9.09. The number of rotatable bonds is 3. The van der Waals surface area contributed by atoms with Gasteiger partial charge in [-0.25, -0.2) is 4.98 Å². The van der Waals surface area contributed by atoms with Crippen molar-refractivity contribution in [3.05, 3.63) is 28.5 Å². The number of aromatic nitrogens is 1. The Morgan fingerprint density at radius 1 is 1.42 bits per heavy atom. The summed E-state index contributed by atoms with van der Waals surface area (Å²) in [7, 11) is 0. The van der Waals surface area contributed by atoms with E-state index in [1.807, 2.05) is 0 Å². The summed E-state index contributed by atoms with van der Waals surface area (Å²) >= 11 is 3.22. The SMILES string of the molecule is CC(NC(=O)c1cccnc1Br)C(=O)N1CCCC1. The molecule has 1 saturated heterocycles. The number of likely N-dealkylation sites (tertiary alicyclic amines) is 1. The van der Waals surface area contributed by atoms with E-state index in [1.54, 1.807) is 30.2 Å². The van der Waals surface area contributed by atoms with Crippen molar-refractivity contribution < 1.29 is 9.59 Å². The van der Waals surface area contributed by atoms with Gasteiger partial charge in [-0.3, -0.25) is 9.59 Å². The Balaban J connectivity index is 1.98. The van der Waals surface area contributed by atoms with Crippen LogP contribution in [0.5, 0.6) is 0 Å². The smallest absolute Gasteiger partial charge is 0.254 e. The Kier molecular flexibility index (Phi) is 4.52. The van der Waals surface area contributed by atoms with Crippen LogP contribution in [-0.4, -0.2) is 40.8 Å². The number of pyridine rings is 1. The van der Waals surface area contributed by atoms with Gasteiger partial charge in [0.25, 0.3) is 5.91 Å². The van der Waals surface area contributed by atoms with E-state index in [4.69, 9.17) is 0 Å². The highest BCUT2D eigenvalue weighted by Crippen LogP contribution is 2.13. The molecule has 0 bridgehead atoms. The molecule has 0 radical (unpaired) electrons. The second kappa shape index (κ2) is 6.14. The second-order valence-corrected chi connectivity index (χ2v) is 5.32. The van der Waals surface area contributed by atoms with Crippen LogP contribution in [0.2, 0.25) is 0 Å². The van der Waals surface area contributed by atoms with Crippen molar-refractivity contribution >= 4 is 27.7 Å². The average molecular weight is 326 g/mol. The lowest BCUT2D eigenvalue weighted by Crippen LogP contribution is -2.46. The van der Waals surface area contributed by atoms with E-state index in [-0.39, 0.29) is 11.8 Å². The number of carbonyl (C=O) groups excluding carboxylic acids is 2. The summed E-state index contributed by atoms with van der Waals surface area (Å²) in [4.78, 5) is 29.9. The minimum absolute atomic E-state index is 0.0223. The number of amides is 2. The Labute approximate surface area is 120 Å². The highest BCUT2D eigenvalue weighted by molar-refractivity contribution is 9.10. The van der Waals surface area contributed by atoms with Crippen LogP contribution in [0.1, 0.15) is 30.1 Å². The van der Waals surface area contributed by atoms with Crippen LogP contribution in [0.3, 0.4) is 0 Å². The van der Waals surface area contributed by atoms with Gasteiger partial charge in [0.2, 0.25) is 5.91 Å². The number of nitrogens with zero attached hydrogens (tertiary/aromatic N) is 2. The molecule has 2 heterocycles. The van der Waals surface area contributed by atoms with E-state index in [0.29, 0.717) is 10.2 Å². The van der Waals surface area contributed by atoms with Crippen molar-refractivity contribution in [3.63, 3.8) is 0 Å². The van der Waals surface area contributed by atoms with Gasteiger partial charge in [0, 0.05) is 19.3 Å². The second-order valence-electron chi connectivity index (χ2n) is 4.57. The zero-order valence-electron chi connectivity index (χ0n) is 10.7. The predicted molar refractivity (Wildman–Crippen MR) is 74.7 cm³/mol. The maximum Gasteiger partial charge on any atom is 0.254 e. The lowest BCUT2D eigenvalue weighted by Gasteiger charge is -2.21. The molecule has 0 aliphatic carbocycles. The molecule has 0 spiro atoms. The highest BCUT2D eigenvalue weighted by Gasteiger charge is 2.25. The molecule has 1 unspecified atom stereocenters. The van der Waals surface area contributed by atoms with Gasteiger partial charge in [0.15, 0.2) is 0 Å². The number of hydrogen-bond donors (Lipinski definition) is 1. The Morgan fingerprint density at radius 3 is 2.74 bits per heavy atom. The zero-order chi connectivity index (χ0) is 13.8. The minimum Gasteiger partial charge on any atom is -0.341 e. The third-order valence-corrected chi connectivity index (χ3v) is 3.77. The molecular weight excluding hydrogens is 310 g/mol. The van der Waals surface area contributed by atoms with Gasteiger partial charge in [0.05, 0.1) is 5.56 Å². The molecule has 1 N–H and O–H groups in total. The standard InChI is InChI=1S/C13H16BrN3O2/c1-9(13(19)17-7-2-3-8-17)16-12(18)10-5-4-6-15-11(10)14/h4-6,9H,2-3,7-8H2,1H3,(H,16,18). The molecule has 0 saturated carbocycles. The van der Waals surface area contributed by atoms with Gasteiger partial charge in [-0.05, 0) is 47.8 Å². The average Bonchev–Trinajstić information content (AvgIpc) is 2.92. The topological polar surface area (TPSA) is 62.3 Å². The third-order valence-electron chi connectivity index (χ3n) is 3.14. The van der Waals surface area contributed by atoms with Crippen molar-refractivity contribution in [1.29, 1.82) is 0 Å². The Morgan fingerprint density at radius 2 is 2.11 bits per heavy atom. The molecule has 1 aliphatic heterocycles. The molecule has 1 atom stereocenters. The molecule has 5 nitrogen and oxygen atoms in total. The first kappa shape index (κ1) is 14.0. The number of halogens is 1. The van der Waals surface area contributed by atoms with E-state index < -0.39 is 6.04 Å². The van der Waals surface area contributed by atoms with Crippen molar-refractivity contribution in [1.82, 2.24) is 15.2 Å². The van der Waals surface area contributed by atoms with Crippen LogP contribution in [0.15, 0.2) is 22.9 Å². The normalized spacial score (nSPS) is 16.2. The molecule has 1 aromatic heterocycles. The fourth-order valence-corrected chi connectivity index (χ4v) is 2.53. The van der Waals surface area contributed by atoms with Crippen molar-refractivity contribution in [2.24, 2.45) is 0 Å². The molecule has 1 aromatic rings. The number of nitrogens with one attached hydrogen (secondary N) is 1. The fraction of sp³-hybridized carbons (Fsp3) is 0.462. The van der Waals surface area contributed by atoms with Crippen LogP contribution in [-0.2, 0) is 4.79 Å². The molecule has 19 heavy (non-hydrogen) atoms. The van der Waals surface area contributed by atoms with Crippen LogP contribution in [0, 0.1) is 0 Å². The van der Waals surface area contributed by atoms with E-state index >= 15 is 0 Å². The summed E-state index contributed by atoms with van der Waals surface area (Å²) < 4.78 is 0.480. The summed E-state index contributed by atoms with van der Waals surface area (Å²) in [5.74, 6) is -0.314. The first-order valence-electron chi connectivity index (χ1n) is 6.30. The number of hydrogen-bond acceptors (Lipinski definition) is 3. The zero-order valence-corrected chi connectivity index (χ0v) is 12.3. The lowest BCUT2D eigenvalue weighted by molar-refractivity contribution is -0.131. The van der Waals surface area contributed by atoms with E-state index in [2.05, 4.69) is 26.2 Å². The van der Waals surface area contributed by atoms with Gasteiger partial charge in [-0.2, -0.15) is 0 Å². The van der Waals surface area contributed by atoms with Crippen molar-refractivity contribution in [2.45, 2.75) is 25.8 Å². The predicted octanol–water partition coefficient (Wildman–Crippen LogP) is 1.58. The summed E-state index contributed by atoms with van der Waals surface area (Å²) in [6, 6.07) is 2.84. The molecule has 102 valence electrons. The molecule has 1 aliphatic rings. The van der Waals surface area contributed by atoms with Crippen molar-refractivity contribution in [2.75, 3.05) is 13.1 Å². The highest BCUT2D eigenvalue weighted by atomic mass is 79.9.